The Morgan fingerprint density at radius 3 is 2.86 bits per heavy atom. The van der Waals surface area contributed by atoms with Crippen LogP contribution in [0.4, 0.5) is 5.69 Å². The number of hydrogen-bond acceptors (Lipinski definition) is 4. The molecule has 0 saturated carbocycles. The number of hydrogen-bond donors (Lipinski definition) is 1. The minimum Gasteiger partial charge on any atom is -0.430 e. The Kier molecular flexibility index (Phi) is 3.69. The molecular weight excluding hydrogens is 308 g/mol. The normalized spacial score (nSPS) is 12.7. The molecule has 21 heavy (non-hydrogen) atoms. The monoisotopic (exact) mass is 320 g/mol. The average molecular weight is 321 g/mol. The second kappa shape index (κ2) is 5.50. The number of nitrogens with zero attached hydrogens (tertiary/aromatic N) is 1. The highest BCUT2D eigenvalue weighted by Crippen LogP contribution is 2.24. The molecular formula is C15H13ClN2O2S. The average Bonchev–Trinajstić information content (AvgIpc) is 2.85. The summed E-state index contributed by atoms with van der Waals surface area (Å²) in [6.45, 7) is 1.96. The molecule has 2 N–H and O–H groups in total. The van der Waals surface area contributed by atoms with E-state index in [4.69, 9.17) is 21.8 Å². The molecule has 0 bridgehead atoms. The first-order valence-corrected chi connectivity index (χ1v) is 8.02. The van der Waals surface area contributed by atoms with Crippen LogP contribution >= 0.6 is 11.6 Å². The van der Waals surface area contributed by atoms with Crippen molar-refractivity contribution in [3.63, 3.8) is 0 Å². The third-order valence-corrected chi connectivity index (χ3v) is 4.57. The van der Waals surface area contributed by atoms with Crippen LogP contribution in [0, 0.1) is 6.92 Å². The Hall–Kier alpha value is -1.85. The van der Waals surface area contributed by atoms with Crippen molar-refractivity contribution in [3.8, 4) is 0 Å². The number of oxazole rings is 1. The molecule has 0 amide bonds. The van der Waals surface area contributed by atoms with Crippen molar-refractivity contribution in [1.82, 2.24) is 4.98 Å². The van der Waals surface area contributed by atoms with Crippen LogP contribution in [0.2, 0.25) is 5.02 Å². The molecule has 0 aliphatic carbocycles. The van der Waals surface area contributed by atoms with Crippen LogP contribution in [-0.2, 0) is 16.6 Å². The summed E-state index contributed by atoms with van der Waals surface area (Å²) >= 11 is 6.16. The van der Waals surface area contributed by atoms with Crippen LogP contribution in [0.5, 0.6) is 0 Å². The molecule has 4 nitrogen and oxygen atoms in total. The largest absolute Gasteiger partial charge is 0.430 e. The Bertz CT molecular complexity index is 845. The fraction of sp³-hybridized carbons (Fsp3) is 0.133. The molecule has 2 aromatic carbocycles. The molecule has 0 spiro atoms. The number of aryl methyl sites for hydroxylation is 1. The maximum atomic E-state index is 12.4. The summed E-state index contributed by atoms with van der Waals surface area (Å²) in [5.41, 5.74) is 9.33. The summed E-state index contributed by atoms with van der Waals surface area (Å²) in [4.78, 5) is 4.23. The lowest BCUT2D eigenvalue weighted by atomic mass is 10.2. The van der Waals surface area contributed by atoms with E-state index in [-0.39, 0.29) is 11.0 Å². The van der Waals surface area contributed by atoms with Gasteiger partial charge in [0.1, 0.15) is 16.3 Å². The first kappa shape index (κ1) is 14.1. The van der Waals surface area contributed by atoms with Gasteiger partial charge in [0, 0.05) is 10.7 Å². The Morgan fingerprint density at radius 2 is 2.10 bits per heavy atom. The van der Waals surface area contributed by atoms with Crippen molar-refractivity contribution in [2.24, 2.45) is 0 Å². The zero-order valence-electron chi connectivity index (χ0n) is 11.3. The van der Waals surface area contributed by atoms with Crippen LogP contribution in [-0.4, -0.2) is 9.19 Å². The zero-order valence-corrected chi connectivity index (χ0v) is 12.9. The van der Waals surface area contributed by atoms with Gasteiger partial charge < -0.3 is 10.2 Å². The lowest BCUT2D eigenvalue weighted by Gasteiger charge is -2.03. The van der Waals surface area contributed by atoms with Crippen LogP contribution in [0.25, 0.3) is 11.1 Å². The number of anilines is 1. The number of halogens is 1. The number of fused-ring (bicyclic) bond motifs is 1. The Morgan fingerprint density at radius 1 is 1.29 bits per heavy atom. The number of nitrogens with two attached hydrogens (primary N) is 1. The number of rotatable bonds is 3. The predicted octanol–water partition coefficient (Wildman–Crippen LogP) is 3.68. The lowest BCUT2D eigenvalue weighted by Crippen LogP contribution is -1.97. The van der Waals surface area contributed by atoms with Gasteiger partial charge in [0.2, 0.25) is 0 Å². The summed E-state index contributed by atoms with van der Waals surface area (Å²) in [5, 5.41) is 0.788. The molecule has 108 valence electrons. The molecule has 0 saturated heterocycles. The maximum Gasteiger partial charge on any atom is 0.288 e. The summed E-state index contributed by atoms with van der Waals surface area (Å²) in [7, 11) is -1.39. The SMILES string of the molecule is Cc1ccc(CS(=O)c2nc3cc(N)ccc3o2)c(Cl)c1. The van der Waals surface area contributed by atoms with Crippen LogP contribution in [0.15, 0.2) is 46.0 Å². The number of nitrogen functional groups attached to an aromatic ring is 1. The van der Waals surface area contributed by atoms with Gasteiger partial charge in [-0.2, -0.15) is 0 Å². The van der Waals surface area contributed by atoms with E-state index in [9.17, 15) is 4.21 Å². The Labute approximate surface area is 129 Å². The quantitative estimate of drug-likeness (QED) is 0.747. The lowest BCUT2D eigenvalue weighted by molar-refractivity contribution is 0.477. The topological polar surface area (TPSA) is 69.1 Å². The van der Waals surface area contributed by atoms with Gasteiger partial charge in [0.15, 0.2) is 5.58 Å². The van der Waals surface area contributed by atoms with Gasteiger partial charge >= 0.3 is 0 Å². The number of aromatic nitrogens is 1. The number of benzene rings is 2. The first-order valence-electron chi connectivity index (χ1n) is 6.32. The molecule has 1 aromatic heterocycles. The Balaban J connectivity index is 1.89. The van der Waals surface area contributed by atoms with E-state index in [1.807, 2.05) is 25.1 Å². The fourth-order valence-electron chi connectivity index (χ4n) is 1.99. The minimum absolute atomic E-state index is 0.187. The van der Waals surface area contributed by atoms with E-state index >= 15 is 0 Å². The standard InChI is InChI=1S/C15H13ClN2O2S/c1-9-2-3-10(12(16)6-9)8-21(19)15-18-13-7-11(17)4-5-14(13)20-15/h2-7H,8,17H2,1H3. The van der Waals surface area contributed by atoms with Gasteiger partial charge in [-0.15, -0.1) is 0 Å². The highest BCUT2D eigenvalue weighted by molar-refractivity contribution is 7.84. The van der Waals surface area contributed by atoms with Gasteiger partial charge in [-0.3, -0.25) is 0 Å². The van der Waals surface area contributed by atoms with Crippen LogP contribution < -0.4 is 5.73 Å². The maximum absolute atomic E-state index is 12.4. The summed E-state index contributed by atoms with van der Waals surface area (Å²) in [5.74, 6) is 0.265. The molecule has 0 fully saturated rings. The van der Waals surface area contributed by atoms with Gasteiger partial charge in [-0.25, -0.2) is 9.19 Å². The molecule has 1 atom stereocenters. The molecule has 1 unspecified atom stereocenters. The first-order chi connectivity index (χ1) is 10.0. The minimum atomic E-state index is -1.39. The second-order valence-electron chi connectivity index (χ2n) is 4.79. The van der Waals surface area contributed by atoms with Crippen molar-refractivity contribution >= 4 is 39.2 Å². The molecule has 0 radical (unpaired) electrons. The van der Waals surface area contributed by atoms with Gasteiger partial charge in [-0.05, 0) is 42.3 Å². The van der Waals surface area contributed by atoms with E-state index in [0.29, 0.717) is 21.8 Å². The van der Waals surface area contributed by atoms with E-state index in [0.717, 1.165) is 11.1 Å². The van der Waals surface area contributed by atoms with Crippen molar-refractivity contribution in [3.05, 3.63) is 52.5 Å². The summed E-state index contributed by atoms with van der Waals surface area (Å²) in [6.07, 6.45) is 0. The van der Waals surface area contributed by atoms with Gasteiger partial charge in [0.25, 0.3) is 5.22 Å². The van der Waals surface area contributed by atoms with Crippen molar-refractivity contribution in [1.29, 1.82) is 0 Å². The molecule has 0 aliphatic heterocycles. The van der Waals surface area contributed by atoms with E-state index in [2.05, 4.69) is 4.98 Å². The van der Waals surface area contributed by atoms with Gasteiger partial charge in [-0.1, -0.05) is 23.7 Å². The van der Waals surface area contributed by atoms with Crippen molar-refractivity contribution in [2.45, 2.75) is 17.9 Å². The third kappa shape index (κ3) is 2.94. The van der Waals surface area contributed by atoms with Crippen LogP contribution in [0.1, 0.15) is 11.1 Å². The summed E-state index contributed by atoms with van der Waals surface area (Å²) < 4.78 is 17.9. The highest BCUT2D eigenvalue weighted by Gasteiger charge is 2.15. The van der Waals surface area contributed by atoms with Crippen molar-refractivity contribution < 1.29 is 8.63 Å². The fourth-order valence-corrected chi connectivity index (χ4v) is 3.41. The van der Waals surface area contributed by atoms with E-state index < -0.39 is 10.8 Å². The van der Waals surface area contributed by atoms with E-state index in [1.54, 1.807) is 18.2 Å². The smallest absolute Gasteiger partial charge is 0.288 e. The second-order valence-corrected chi connectivity index (χ2v) is 6.53. The van der Waals surface area contributed by atoms with Crippen molar-refractivity contribution in [2.75, 3.05) is 5.73 Å². The third-order valence-electron chi connectivity index (χ3n) is 3.08. The molecule has 1 heterocycles. The highest BCUT2D eigenvalue weighted by atomic mass is 35.5. The molecule has 3 rings (SSSR count). The zero-order chi connectivity index (χ0) is 15.0. The molecule has 6 heteroatoms. The van der Waals surface area contributed by atoms with Crippen LogP contribution in [0.3, 0.4) is 0 Å². The molecule has 3 aromatic rings. The molecule has 0 aliphatic rings. The van der Waals surface area contributed by atoms with E-state index in [1.165, 1.54) is 0 Å². The predicted molar refractivity (Wildman–Crippen MR) is 84.7 cm³/mol. The summed E-state index contributed by atoms with van der Waals surface area (Å²) in [6, 6.07) is 10.8. The van der Waals surface area contributed by atoms with Gasteiger partial charge in [0.05, 0.1) is 5.75 Å².